The SMILES string of the molecule is NC(=S)OCCO.NC(=S)OCCO.[NaH]. The molecule has 0 heterocycles. The monoisotopic (exact) mass is 266 g/mol. The molecule has 6 N–H and O–H groups in total. The summed E-state index contributed by atoms with van der Waals surface area (Å²) in [5.74, 6) is 0. The minimum absolute atomic E-state index is 0. The van der Waals surface area contributed by atoms with Crippen molar-refractivity contribution in [2.75, 3.05) is 26.4 Å². The number of ether oxygens (including phenoxy) is 2. The van der Waals surface area contributed by atoms with Gasteiger partial charge in [-0.05, 0) is 24.4 Å². The molecule has 0 aliphatic carbocycles. The van der Waals surface area contributed by atoms with Crippen LogP contribution in [0.5, 0.6) is 0 Å². The molecule has 0 spiro atoms. The van der Waals surface area contributed by atoms with Crippen LogP contribution in [0.1, 0.15) is 0 Å². The standard InChI is InChI=1S/2C3H7NO2S.Na.H/c2*4-3(7)6-2-1-5;;/h2*5H,1-2H2,(H2,4,7);;. The van der Waals surface area contributed by atoms with Crippen molar-refractivity contribution in [3.05, 3.63) is 0 Å². The van der Waals surface area contributed by atoms with Gasteiger partial charge in [0.25, 0.3) is 10.3 Å². The van der Waals surface area contributed by atoms with Crippen molar-refractivity contribution in [1.82, 2.24) is 0 Å². The van der Waals surface area contributed by atoms with Gasteiger partial charge in [0.15, 0.2) is 0 Å². The predicted octanol–water partition coefficient (Wildman–Crippen LogP) is -2.17. The van der Waals surface area contributed by atoms with Gasteiger partial charge in [-0.3, -0.25) is 0 Å². The number of aliphatic hydroxyl groups excluding tert-OH is 2. The molecule has 0 amide bonds. The Bertz CT molecular complexity index is 155. The van der Waals surface area contributed by atoms with E-state index in [1.807, 2.05) is 0 Å². The minimum atomic E-state index is -0.0443. The molecule has 0 fully saturated rings. The fourth-order valence-electron chi connectivity index (χ4n) is 0.292. The zero-order valence-corrected chi connectivity index (χ0v) is 9.14. The summed E-state index contributed by atoms with van der Waals surface area (Å²) in [4.78, 5) is 0. The molecule has 15 heavy (non-hydrogen) atoms. The van der Waals surface area contributed by atoms with Gasteiger partial charge in [-0.1, -0.05) is 0 Å². The number of aliphatic hydroxyl groups is 2. The van der Waals surface area contributed by atoms with E-state index in [4.69, 9.17) is 21.7 Å². The quantitative estimate of drug-likeness (QED) is 0.336. The number of rotatable bonds is 4. The molecule has 0 aromatic rings. The van der Waals surface area contributed by atoms with E-state index >= 15 is 0 Å². The maximum absolute atomic E-state index is 8.07. The topological polar surface area (TPSA) is 111 Å². The molecule has 0 radical (unpaired) electrons. The third-order valence-electron chi connectivity index (χ3n) is 0.671. The van der Waals surface area contributed by atoms with Crippen molar-refractivity contribution < 1.29 is 19.7 Å². The Kier molecular flexibility index (Phi) is 23.1. The molecule has 0 aromatic heterocycles. The van der Waals surface area contributed by atoms with Crippen LogP contribution in [-0.2, 0) is 9.47 Å². The first-order chi connectivity index (χ1) is 6.54. The Labute approximate surface area is 121 Å². The normalized spacial score (nSPS) is 7.60. The van der Waals surface area contributed by atoms with Gasteiger partial charge in [0.1, 0.15) is 13.2 Å². The Balaban J connectivity index is -0.000000180. The van der Waals surface area contributed by atoms with Gasteiger partial charge in [-0.2, -0.15) is 0 Å². The van der Waals surface area contributed by atoms with Gasteiger partial charge in [0.2, 0.25) is 0 Å². The van der Waals surface area contributed by atoms with Crippen LogP contribution >= 0.6 is 24.4 Å². The summed E-state index contributed by atoms with van der Waals surface area (Å²) in [6.45, 7) is 0.291. The second kappa shape index (κ2) is 16.7. The van der Waals surface area contributed by atoms with Crippen LogP contribution in [0, 0.1) is 0 Å². The molecule has 0 aliphatic rings. The van der Waals surface area contributed by atoms with E-state index < -0.39 is 0 Å². The fraction of sp³-hybridized carbons (Fsp3) is 0.667. The zero-order chi connectivity index (χ0) is 11.4. The van der Waals surface area contributed by atoms with Crippen LogP contribution in [0.2, 0.25) is 0 Å². The summed E-state index contributed by atoms with van der Waals surface area (Å²) in [5.41, 5.74) is 9.75. The number of thiocarbonyl (C=S) groups is 2. The summed E-state index contributed by atoms with van der Waals surface area (Å²) in [5, 5.41) is 16.1. The average Bonchev–Trinajstić information content (AvgIpc) is 2.12. The van der Waals surface area contributed by atoms with E-state index in [9.17, 15) is 0 Å². The molecule has 0 saturated heterocycles. The fourth-order valence-corrected chi connectivity index (χ4v) is 0.459. The van der Waals surface area contributed by atoms with E-state index in [1.54, 1.807) is 0 Å². The summed E-state index contributed by atoms with van der Waals surface area (Å²) >= 11 is 8.61. The summed E-state index contributed by atoms with van der Waals surface area (Å²) in [7, 11) is 0. The summed E-state index contributed by atoms with van der Waals surface area (Å²) in [6, 6.07) is 0. The Morgan fingerprint density at radius 1 is 0.933 bits per heavy atom. The van der Waals surface area contributed by atoms with Crippen LogP contribution in [-0.4, -0.2) is 76.5 Å². The molecule has 0 bridgehead atoms. The van der Waals surface area contributed by atoms with E-state index in [-0.39, 0.29) is 66.3 Å². The average molecular weight is 266 g/mol. The van der Waals surface area contributed by atoms with Crippen molar-refractivity contribution >= 4 is 64.3 Å². The molecule has 9 heteroatoms. The van der Waals surface area contributed by atoms with E-state index in [1.165, 1.54) is 0 Å². The maximum atomic E-state index is 8.07. The molecular formula is C6H15N2NaO4S2. The van der Waals surface area contributed by atoms with Crippen LogP contribution in [0.25, 0.3) is 0 Å². The van der Waals surface area contributed by atoms with Gasteiger partial charge < -0.3 is 31.2 Å². The van der Waals surface area contributed by atoms with Crippen molar-refractivity contribution in [2.45, 2.75) is 0 Å². The van der Waals surface area contributed by atoms with Crippen molar-refractivity contribution in [2.24, 2.45) is 11.5 Å². The second-order valence-electron chi connectivity index (χ2n) is 1.78. The Morgan fingerprint density at radius 3 is 1.27 bits per heavy atom. The predicted molar refractivity (Wildman–Crippen MR) is 66.8 cm³/mol. The van der Waals surface area contributed by atoms with E-state index in [2.05, 4.69) is 33.9 Å². The molecule has 0 aromatic carbocycles. The van der Waals surface area contributed by atoms with Crippen LogP contribution in [0.3, 0.4) is 0 Å². The van der Waals surface area contributed by atoms with Crippen LogP contribution in [0.4, 0.5) is 0 Å². The molecule has 0 atom stereocenters. The third kappa shape index (κ3) is 31.4. The van der Waals surface area contributed by atoms with Crippen molar-refractivity contribution in [3.63, 3.8) is 0 Å². The van der Waals surface area contributed by atoms with Crippen LogP contribution < -0.4 is 11.5 Å². The molecule has 0 rings (SSSR count). The third-order valence-corrected chi connectivity index (χ3v) is 0.907. The zero-order valence-electron chi connectivity index (χ0n) is 7.51. The summed E-state index contributed by atoms with van der Waals surface area (Å²) in [6.07, 6.45) is 0. The van der Waals surface area contributed by atoms with Gasteiger partial charge >= 0.3 is 29.6 Å². The molecule has 6 nitrogen and oxygen atoms in total. The van der Waals surface area contributed by atoms with Crippen molar-refractivity contribution in [3.8, 4) is 0 Å². The first-order valence-corrected chi connectivity index (χ1v) is 4.42. The van der Waals surface area contributed by atoms with Gasteiger partial charge in [0.05, 0.1) is 13.2 Å². The Hall–Kier alpha value is 0.300. The molecule has 0 unspecified atom stereocenters. The molecular weight excluding hydrogens is 251 g/mol. The summed E-state index contributed by atoms with van der Waals surface area (Å²) < 4.78 is 8.90. The van der Waals surface area contributed by atoms with E-state index in [0.717, 1.165) is 0 Å². The van der Waals surface area contributed by atoms with Gasteiger partial charge in [0, 0.05) is 0 Å². The number of hydrogen-bond donors (Lipinski definition) is 4. The first-order valence-electron chi connectivity index (χ1n) is 3.60. The number of nitrogens with two attached hydrogens (primary N) is 2. The molecule has 0 aliphatic heterocycles. The van der Waals surface area contributed by atoms with Crippen molar-refractivity contribution in [1.29, 1.82) is 0 Å². The van der Waals surface area contributed by atoms with E-state index in [0.29, 0.717) is 0 Å². The molecule has 0 saturated carbocycles. The second-order valence-corrected chi connectivity index (χ2v) is 2.59. The van der Waals surface area contributed by atoms with Gasteiger partial charge in [-0.15, -0.1) is 0 Å². The van der Waals surface area contributed by atoms with Gasteiger partial charge in [-0.25, -0.2) is 0 Å². The first kappa shape index (κ1) is 20.7. The molecule has 86 valence electrons. The number of hydrogen-bond acceptors (Lipinski definition) is 6. The van der Waals surface area contributed by atoms with Crippen LogP contribution in [0.15, 0.2) is 0 Å². The Morgan fingerprint density at radius 2 is 1.20 bits per heavy atom.